The van der Waals surface area contributed by atoms with Gasteiger partial charge in [0.15, 0.2) is 5.82 Å². The highest BCUT2D eigenvalue weighted by Gasteiger charge is 2.32. The summed E-state index contributed by atoms with van der Waals surface area (Å²) in [5.74, 6) is 0.541. The second-order valence-electron chi connectivity index (χ2n) is 6.78. The molecule has 2 aromatic rings. The number of rotatable bonds is 7. The van der Waals surface area contributed by atoms with Gasteiger partial charge in [0.1, 0.15) is 0 Å². The molecule has 3 rings (SSSR count). The van der Waals surface area contributed by atoms with Crippen LogP contribution in [0.15, 0.2) is 24.3 Å². The molecule has 1 amide bonds. The topological polar surface area (TPSA) is 99.2 Å². The summed E-state index contributed by atoms with van der Waals surface area (Å²) in [7, 11) is 1.66. The van der Waals surface area contributed by atoms with Gasteiger partial charge in [0.05, 0.1) is 19.2 Å². The maximum atomic E-state index is 11.5. The second-order valence-corrected chi connectivity index (χ2v) is 6.78. The largest absolute Gasteiger partial charge is 0.383 e. The summed E-state index contributed by atoms with van der Waals surface area (Å²) in [5.41, 5.74) is 7.83. The van der Waals surface area contributed by atoms with E-state index >= 15 is 0 Å². The Labute approximate surface area is 153 Å². The molecule has 1 aromatic carbocycles. The van der Waals surface area contributed by atoms with E-state index in [-0.39, 0.29) is 17.9 Å². The average Bonchev–Trinajstić information content (AvgIpc) is 3.10. The van der Waals surface area contributed by atoms with Gasteiger partial charge in [-0.3, -0.25) is 9.69 Å². The zero-order valence-corrected chi connectivity index (χ0v) is 15.3. The Hall–Kier alpha value is -2.32. The molecule has 1 aliphatic rings. The van der Waals surface area contributed by atoms with E-state index in [4.69, 9.17) is 10.5 Å². The quantitative estimate of drug-likeness (QED) is 0.790. The number of amides is 1. The van der Waals surface area contributed by atoms with Crippen molar-refractivity contribution in [2.75, 3.05) is 26.8 Å². The van der Waals surface area contributed by atoms with Crippen LogP contribution in [0.5, 0.6) is 0 Å². The van der Waals surface area contributed by atoms with Gasteiger partial charge in [0.25, 0.3) is 0 Å². The molecule has 0 spiro atoms. The van der Waals surface area contributed by atoms with Gasteiger partial charge in [-0.15, -0.1) is 5.10 Å². The van der Waals surface area contributed by atoms with Gasteiger partial charge in [0, 0.05) is 13.0 Å². The summed E-state index contributed by atoms with van der Waals surface area (Å²) in [5, 5.41) is 12.3. The van der Waals surface area contributed by atoms with Gasteiger partial charge >= 0.3 is 0 Å². The minimum atomic E-state index is -0.207. The van der Waals surface area contributed by atoms with E-state index in [0.717, 1.165) is 37.3 Å². The summed E-state index contributed by atoms with van der Waals surface area (Å²) < 4.78 is 6.98. The third-order valence-electron chi connectivity index (χ3n) is 5.00. The van der Waals surface area contributed by atoms with Gasteiger partial charge < -0.3 is 10.5 Å². The molecule has 0 aliphatic carbocycles. The van der Waals surface area contributed by atoms with Crippen LogP contribution in [-0.2, 0) is 16.1 Å². The van der Waals surface area contributed by atoms with Crippen LogP contribution in [0.25, 0.3) is 0 Å². The molecule has 2 heterocycles. The Kier molecular flexibility index (Phi) is 5.95. The fourth-order valence-electron chi connectivity index (χ4n) is 3.46. The third-order valence-corrected chi connectivity index (χ3v) is 5.00. The fourth-order valence-corrected chi connectivity index (χ4v) is 3.46. The third kappa shape index (κ3) is 4.08. The lowest BCUT2D eigenvalue weighted by molar-refractivity contribution is -0.123. The van der Waals surface area contributed by atoms with E-state index in [1.165, 1.54) is 5.56 Å². The smallest absolute Gasteiger partial charge is 0.220 e. The van der Waals surface area contributed by atoms with Gasteiger partial charge in [-0.25, -0.2) is 4.68 Å². The number of nitrogens with zero attached hydrogens (tertiary/aromatic N) is 5. The lowest BCUT2D eigenvalue weighted by Crippen LogP contribution is -2.41. The number of benzene rings is 1. The van der Waals surface area contributed by atoms with Crippen molar-refractivity contribution in [2.24, 2.45) is 11.7 Å². The highest BCUT2D eigenvalue weighted by Crippen LogP contribution is 2.31. The molecule has 1 aliphatic heterocycles. The summed E-state index contributed by atoms with van der Waals surface area (Å²) in [6.07, 6.45) is 1.52. The molecule has 0 saturated carbocycles. The molecule has 1 atom stereocenters. The van der Waals surface area contributed by atoms with Crippen LogP contribution in [0.4, 0.5) is 0 Å². The number of hydrogen-bond donors (Lipinski definition) is 1. The molecule has 0 radical (unpaired) electrons. The van der Waals surface area contributed by atoms with Gasteiger partial charge in [-0.2, -0.15) is 0 Å². The van der Waals surface area contributed by atoms with Crippen LogP contribution in [0.3, 0.4) is 0 Å². The molecule has 0 bridgehead atoms. The number of ether oxygens (including phenoxy) is 1. The van der Waals surface area contributed by atoms with Crippen molar-refractivity contribution < 1.29 is 9.53 Å². The molecule has 1 aromatic heterocycles. The first-order valence-corrected chi connectivity index (χ1v) is 8.95. The van der Waals surface area contributed by atoms with Gasteiger partial charge in [0.2, 0.25) is 5.91 Å². The molecule has 26 heavy (non-hydrogen) atoms. The van der Waals surface area contributed by atoms with E-state index in [9.17, 15) is 4.79 Å². The van der Waals surface area contributed by atoms with E-state index < -0.39 is 0 Å². The molecular formula is C18H26N6O2. The van der Waals surface area contributed by atoms with E-state index in [1.54, 1.807) is 11.8 Å². The maximum absolute atomic E-state index is 11.5. The normalized spacial score (nSPS) is 17.3. The molecule has 8 heteroatoms. The zero-order chi connectivity index (χ0) is 18.5. The van der Waals surface area contributed by atoms with E-state index in [0.29, 0.717) is 13.2 Å². The van der Waals surface area contributed by atoms with Crippen molar-refractivity contribution in [3.05, 3.63) is 41.2 Å². The van der Waals surface area contributed by atoms with Crippen molar-refractivity contribution in [1.82, 2.24) is 25.1 Å². The maximum Gasteiger partial charge on any atom is 0.220 e. The predicted octanol–water partition coefficient (Wildman–Crippen LogP) is 0.915. The van der Waals surface area contributed by atoms with Crippen LogP contribution < -0.4 is 5.73 Å². The lowest BCUT2D eigenvalue weighted by atomic mass is 9.93. The summed E-state index contributed by atoms with van der Waals surface area (Å²) in [4.78, 5) is 13.8. The van der Waals surface area contributed by atoms with E-state index in [2.05, 4.69) is 51.6 Å². The van der Waals surface area contributed by atoms with Crippen LogP contribution in [0, 0.1) is 12.8 Å². The number of primary amides is 1. The number of carbonyl (C=O) groups excluding carboxylic acids is 1. The second kappa shape index (κ2) is 8.37. The first-order chi connectivity index (χ1) is 12.6. The summed E-state index contributed by atoms with van der Waals surface area (Å²) >= 11 is 0. The van der Waals surface area contributed by atoms with Crippen molar-refractivity contribution in [3.63, 3.8) is 0 Å². The average molecular weight is 358 g/mol. The van der Waals surface area contributed by atoms with Crippen LogP contribution in [-0.4, -0.2) is 57.8 Å². The number of methoxy groups -OCH3 is 1. The van der Waals surface area contributed by atoms with Gasteiger partial charge in [-0.1, -0.05) is 29.8 Å². The predicted molar refractivity (Wildman–Crippen MR) is 96.2 cm³/mol. The highest BCUT2D eigenvalue weighted by molar-refractivity contribution is 5.76. The molecule has 1 fully saturated rings. The Bertz CT molecular complexity index is 722. The molecule has 140 valence electrons. The minimum Gasteiger partial charge on any atom is -0.383 e. The summed E-state index contributed by atoms with van der Waals surface area (Å²) in [6, 6.07) is 8.38. The van der Waals surface area contributed by atoms with Crippen molar-refractivity contribution >= 4 is 5.91 Å². The van der Waals surface area contributed by atoms with Gasteiger partial charge in [-0.05, 0) is 48.8 Å². The number of aryl methyl sites for hydroxylation is 1. The Morgan fingerprint density at radius 3 is 2.62 bits per heavy atom. The number of piperidine rings is 1. The lowest BCUT2D eigenvalue weighted by Gasteiger charge is -2.36. The first kappa shape index (κ1) is 18.5. The molecule has 1 unspecified atom stereocenters. The van der Waals surface area contributed by atoms with Crippen LogP contribution in [0.1, 0.15) is 35.8 Å². The standard InChI is InChI=1S/C18H26N6O2/c1-13-3-5-14(6-4-13)16(18-20-21-22-24(18)11-12-26-2)23-9-7-15(8-10-23)17(19)25/h3-6,15-16H,7-12H2,1-2H3,(H2,19,25). The molecule has 1 saturated heterocycles. The highest BCUT2D eigenvalue weighted by atomic mass is 16.5. The minimum absolute atomic E-state index is 0.0468. The number of carbonyl (C=O) groups is 1. The summed E-state index contributed by atoms with van der Waals surface area (Å²) in [6.45, 7) is 4.77. The first-order valence-electron chi connectivity index (χ1n) is 8.95. The van der Waals surface area contributed by atoms with Crippen LogP contribution >= 0.6 is 0 Å². The van der Waals surface area contributed by atoms with Crippen molar-refractivity contribution in [1.29, 1.82) is 0 Å². The molecule has 2 N–H and O–H groups in total. The van der Waals surface area contributed by atoms with Crippen LogP contribution in [0.2, 0.25) is 0 Å². The Morgan fingerprint density at radius 2 is 2.00 bits per heavy atom. The number of nitrogens with two attached hydrogens (primary N) is 1. The SMILES string of the molecule is COCCn1nnnc1C(c1ccc(C)cc1)N1CCC(C(N)=O)CC1. The zero-order valence-electron chi connectivity index (χ0n) is 15.3. The number of likely N-dealkylation sites (tertiary alicyclic amines) is 1. The van der Waals surface area contributed by atoms with E-state index in [1.807, 2.05) is 0 Å². The number of hydrogen-bond acceptors (Lipinski definition) is 6. The van der Waals surface area contributed by atoms with Crippen molar-refractivity contribution in [2.45, 2.75) is 32.4 Å². The monoisotopic (exact) mass is 358 g/mol. The molecular weight excluding hydrogens is 332 g/mol. The fraction of sp³-hybridized carbons (Fsp3) is 0.556. The number of tetrazole rings is 1. The molecule has 8 nitrogen and oxygen atoms in total. The number of aromatic nitrogens is 4. The Morgan fingerprint density at radius 1 is 1.31 bits per heavy atom. The Balaban J connectivity index is 1.89. The van der Waals surface area contributed by atoms with Crippen molar-refractivity contribution in [3.8, 4) is 0 Å².